The van der Waals surface area contributed by atoms with Gasteiger partial charge in [-0.1, -0.05) is 11.2 Å². The smallest absolute Gasteiger partial charge is 0.230 e. The van der Waals surface area contributed by atoms with Crippen LogP contribution >= 0.6 is 0 Å². The maximum absolute atomic E-state index is 5.67. The SMILES string of the molecule is CCOc1ccc(CN2[C@@H]3CC[C@H]2CC(c2nc(-c4ccncc4)no2)C3)cc1OC. The van der Waals surface area contributed by atoms with Crippen LogP contribution in [0.25, 0.3) is 11.4 Å². The molecule has 0 N–H and O–H groups in total. The molecule has 2 saturated heterocycles. The van der Waals surface area contributed by atoms with Gasteiger partial charge in [0.15, 0.2) is 11.5 Å². The predicted molar refractivity (Wildman–Crippen MR) is 116 cm³/mol. The summed E-state index contributed by atoms with van der Waals surface area (Å²) in [6.07, 6.45) is 8.06. The van der Waals surface area contributed by atoms with Crippen molar-refractivity contribution in [3.05, 3.63) is 54.2 Å². The number of aromatic nitrogens is 3. The molecule has 0 radical (unpaired) electrons. The molecule has 31 heavy (non-hydrogen) atoms. The summed E-state index contributed by atoms with van der Waals surface area (Å²) in [5.74, 6) is 3.35. The van der Waals surface area contributed by atoms with Gasteiger partial charge in [0, 0.05) is 42.5 Å². The van der Waals surface area contributed by atoms with E-state index < -0.39 is 0 Å². The molecular weight excluding hydrogens is 392 g/mol. The fourth-order valence-corrected chi connectivity index (χ4v) is 5.05. The summed E-state index contributed by atoms with van der Waals surface area (Å²) >= 11 is 0. The second-order valence-corrected chi connectivity index (χ2v) is 8.34. The van der Waals surface area contributed by atoms with E-state index in [2.05, 4.69) is 27.2 Å². The summed E-state index contributed by atoms with van der Waals surface area (Å²) in [7, 11) is 1.70. The fraction of sp³-hybridized carbons (Fsp3) is 0.458. The van der Waals surface area contributed by atoms with Crippen molar-refractivity contribution in [3.63, 3.8) is 0 Å². The highest BCUT2D eigenvalue weighted by Gasteiger charge is 2.42. The quantitative estimate of drug-likeness (QED) is 0.559. The van der Waals surface area contributed by atoms with Crippen LogP contribution in [-0.2, 0) is 6.54 Å². The second kappa shape index (κ2) is 8.67. The van der Waals surface area contributed by atoms with Crippen LogP contribution in [0.3, 0.4) is 0 Å². The summed E-state index contributed by atoms with van der Waals surface area (Å²) in [5, 5.41) is 4.21. The number of methoxy groups -OCH3 is 1. The van der Waals surface area contributed by atoms with E-state index >= 15 is 0 Å². The Morgan fingerprint density at radius 2 is 1.84 bits per heavy atom. The van der Waals surface area contributed by atoms with Crippen LogP contribution in [0.4, 0.5) is 0 Å². The number of fused-ring (bicyclic) bond motifs is 2. The minimum absolute atomic E-state index is 0.326. The Morgan fingerprint density at radius 3 is 2.55 bits per heavy atom. The predicted octanol–water partition coefficient (Wildman–Crippen LogP) is 4.45. The lowest BCUT2D eigenvalue weighted by molar-refractivity contribution is 0.108. The average molecular weight is 421 g/mol. The van der Waals surface area contributed by atoms with Crippen LogP contribution in [0.5, 0.6) is 11.5 Å². The normalized spacial score (nSPS) is 23.1. The number of nitrogens with zero attached hydrogens (tertiary/aromatic N) is 4. The van der Waals surface area contributed by atoms with Crippen molar-refractivity contribution in [3.8, 4) is 22.9 Å². The Labute approximate surface area is 182 Å². The third-order valence-corrected chi connectivity index (χ3v) is 6.51. The summed E-state index contributed by atoms with van der Waals surface area (Å²) in [4.78, 5) is 11.4. The molecule has 3 aromatic rings. The number of pyridine rings is 1. The van der Waals surface area contributed by atoms with Gasteiger partial charge in [-0.05, 0) is 62.4 Å². The second-order valence-electron chi connectivity index (χ2n) is 8.34. The molecule has 2 fully saturated rings. The van der Waals surface area contributed by atoms with Crippen LogP contribution in [0.15, 0.2) is 47.2 Å². The van der Waals surface area contributed by atoms with Crippen molar-refractivity contribution in [1.29, 1.82) is 0 Å². The van der Waals surface area contributed by atoms with E-state index in [0.717, 1.165) is 42.3 Å². The molecule has 4 heterocycles. The number of benzene rings is 1. The molecule has 3 atom stereocenters. The van der Waals surface area contributed by atoms with E-state index in [1.807, 2.05) is 25.1 Å². The fourth-order valence-electron chi connectivity index (χ4n) is 5.05. The van der Waals surface area contributed by atoms with Crippen LogP contribution in [0.1, 0.15) is 50.0 Å². The van der Waals surface area contributed by atoms with Crippen LogP contribution in [0.2, 0.25) is 0 Å². The van der Waals surface area contributed by atoms with Crippen molar-refractivity contribution in [2.45, 2.75) is 57.2 Å². The largest absolute Gasteiger partial charge is 0.493 e. The maximum atomic E-state index is 5.67. The standard InChI is InChI=1S/C24H28N4O3/c1-3-30-21-7-4-16(12-22(21)29-2)15-28-19-5-6-20(28)14-18(13-19)24-26-23(27-31-24)17-8-10-25-11-9-17/h4,7-12,18-20H,3,5-6,13-15H2,1-2H3/t18?,19-,20+. The lowest BCUT2D eigenvalue weighted by atomic mass is 9.90. The summed E-state index contributed by atoms with van der Waals surface area (Å²) in [6.45, 7) is 3.54. The first kappa shape index (κ1) is 20.0. The third-order valence-electron chi connectivity index (χ3n) is 6.51. The zero-order chi connectivity index (χ0) is 21.2. The van der Waals surface area contributed by atoms with E-state index in [9.17, 15) is 0 Å². The van der Waals surface area contributed by atoms with Crippen LogP contribution < -0.4 is 9.47 Å². The number of piperidine rings is 1. The molecule has 0 saturated carbocycles. The van der Waals surface area contributed by atoms with Gasteiger partial charge in [-0.3, -0.25) is 9.88 Å². The maximum Gasteiger partial charge on any atom is 0.230 e. The first-order valence-electron chi connectivity index (χ1n) is 11.0. The lowest BCUT2D eigenvalue weighted by Gasteiger charge is -2.37. The number of rotatable bonds is 7. The summed E-state index contributed by atoms with van der Waals surface area (Å²) in [6, 6.07) is 11.2. The van der Waals surface area contributed by atoms with Crippen molar-refractivity contribution in [2.24, 2.45) is 0 Å². The van der Waals surface area contributed by atoms with Crippen LogP contribution in [-0.4, -0.2) is 45.8 Å². The van der Waals surface area contributed by atoms with Gasteiger partial charge in [-0.25, -0.2) is 0 Å². The number of hydrogen-bond donors (Lipinski definition) is 0. The first-order chi connectivity index (χ1) is 15.2. The van der Waals surface area contributed by atoms with Crippen molar-refractivity contribution in [1.82, 2.24) is 20.0 Å². The molecule has 1 aromatic carbocycles. The van der Waals surface area contributed by atoms with Gasteiger partial charge >= 0.3 is 0 Å². The van der Waals surface area contributed by atoms with Crippen molar-refractivity contribution < 1.29 is 14.0 Å². The average Bonchev–Trinajstić information content (AvgIpc) is 3.38. The number of hydrogen-bond acceptors (Lipinski definition) is 7. The molecule has 7 heteroatoms. The van der Waals surface area contributed by atoms with Gasteiger partial charge < -0.3 is 14.0 Å². The van der Waals surface area contributed by atoms with Gasteiger partial charge in [-0.15, -0.1) is 0 Å². The lowest BCUT2D eigenvalue weighted by Crippen LogP contribution is -2.41. The summed E-state index contributed by atoms with van der Waals surface area (Å²) < 4.78 is 16.9. The van der Waals surface area contributed by atoms with E-state index in [0.29, 0.717) is 30.4 Å². The highest BCUT2D eigenvalue weighted by molar-refractivity contribution is 5.52. The van der Waals surface area contributed by atoms with E-state index in [1.54, 1.807) is 19.5 Å². The molecule has 1 unspecified atom stereocenters. The molecule has 0 amide bonds. The minimum atomic E-state index is 0.326. The van der Waals surface area contributed by atoms with E-state index in [-0.39, 0.29) is 0 Å². The molecule has 2 bridgehead atoms. The zero-order valence-corrected chi connectivity index (χ0v) is 18.0. The molecule has 0 aliphatic carbocycles. The van der Waals surface area contributed by atoms with E-state index in [4.69, 9.17) is 19.0 Å². The van der Waals surface area contributed by atoms with Crippen molar-refractivity contribution >= 4 is 0 Å². The zero-order valence-electron chi connectivity index (χ0n) is 18.0. The first-order valence-corrected chi connectivity index (χ1v) is 11.0. The van der Waals surface area contributed by atoms with Crippen molar-refractivity contribution in [2.75, 3.05) is 13.7 Å². The highest BCUT2D eigenvalue weighted by atomic mass is 16.5. The Balaban J connectivity index is 1.28. The summed E-state index contributed by atoms with van der Waals surface area (Å²) in [5.41, 5.74) is 2.20. The highest BCUT2D eigenvalue weighted by Crippen LogP contribution is 2.44. The Morgan fingerprint density at radius 1 is 1.06 bits per heavy atom. The topological polar surface area (TPSA) is 73.5 Å². The Kier molecular flexibility index (Phi) is 5.59. The molecular formula is C24H28N4O3. The number of ether oxygens (including phenoxy) is 2. The van der Waals surface area contributed by atoms with Gasteiger partial charge in [-0.2, -0.15) is 4.98 Å². The molecule has 5 rings (SSSR count). The molecule has 2 aromatic heterocycles. The molecule has 162 valence electrons. The molecule has 7 nitrogen and oxygen atoms in total. The van der Waals surface area contributed by atoms with Gasteiger partial charge in [0.1, 0.15) is 0 Å². The Bertz CT molecular complexity index is 1010. The molecule has 0 spiro atoms. The van der Waals surface area contributed by atoms with Gasteiger partial charge in [0.2, 0.25) is 11.7 Å². The van der Waals surface area contributed by atoms with Crippen LogP contribution in [0, 0.1) is 0 Å². The third kappa shape index (κ3) is 4.02. The minimum Gasteiger partial charge on any atom is -0.493 e. The van der Waals surface area contributed by atoms with Gasteiger partial charge in [0.05, 0.1) is 13.7 Å². The molecule has 2 aliphatic rings. The molecule has 2 aliphatic heterocycles. The van der Waals surface area contributed by atoms with Gasteiger partial charge in [0.25, 0.3) is 0 Å². The Hall–Kier alpha value is -2.93. The van der Waals surface area contributed by atoms with E-state index in [1.165, 1.54) is 18.4 Å². The monoisotopic (exact) mass is 420 g/mol.